The fourth-order valence-corrected chi connectivity index (χ4v) is 2.74. The van der Waals surface area contributed by atoms with E-state index in [1.54, 1.807) is 6.20 Å². The summed E-state index contributed by atoms with van der Waals surface area (Å²) in [6.07, 6.45) is 5.31. The first kappa shape index (κ1) is 11.1. The molecule has 0 unspecified atom stereocenters. The summed E-state index contributed by atoms with van der Waals surface area (Å²) < 4.78 is 0. The molecule has 2 rings (SSSR count). The number of nitrogens with zero attached hydrogens (tertiary/aromatic N) is 2. The van der Waals surface area contributed by atoms with Gasteiger partial charge >= 0.3 is 0 Å². The molecule has 16 heavy (non-hydrogen) atoms. The molecular formula is C13H18N2O. The molecule has 0 aliphatic carbocycles. The molecule has 0 radical (unpaired) electrons. The van der Waals surface area contributed by atoms with Crippen LogP contribution < -0.4 is 4.90 Å². The van der Waals surface area contributed by atoms with Crippen LogP contribution in [0, 0.1) is 0 Å². The number of carbonyl (C=O) groups is 1. The Labute approximate surface area is 96.5 Å². The quantitative estimate of drug-likeness (QED) is 0.781. The van der Waals surface area contributed by atoms with Crippen molar-refractivity contribution in [2.24, 2.45) is 0 Å². The number of likely N-dealkylation sites (N-methyl/N-ethyl adjacent to an activating group) is 1. The third-order valence-corrected chi connectivity index (χ3v) is 3.78. The Bertz CT molecular complexity index is 410. The number of hydrogen-bond acceptors (Lipinski definition) is 2. The van der Waals surface area contributed by atoms with Crippen LogP contribution >= 0.6 is 0 Å². The van der Waals surface area contributed by atoms with Crippen LogP contribution in [0.2, 0.25) is 0 Å². The zero-order valence-electron chi connectivity index (χ0n) is 10.2. The van der Waals surface area contributed by atoms with Crippen molar-refractivity contribution in [2.45, 2.75) is 39.0 Å². The number of hydrogen-bond donors (Lipinski definition) is 0. The van der Waals surface area contributed by atoms with E-state index in [4.69, 9.17) is 0 Å². The highest BCUT2D eigenvalue weighted by atomic mass is 16.2. The second kappa shape index (κ2) is 3.89. The van der Waals surface area contributed by atoms with Gasteiger partial charge in [0.15, 0.2) is 0 Å². The first-order valence-corrected chi connectivity index (χ1v) is 5.97. The summed E-state index contributed by atoms with van der Waals surface area (Å²) in [6, 6.07) is 2.00. The maximum absolute atomic E-state index is 12.5. The molecule has 2 heterocycles. The highest BCUT2D eigenvalue weighted by Gasteiger charge is 2.47. The van der Waals surface area contributed by atoms with E-state index in [1.807, 2.05) is 24.1 Å². The van der Waals surface area contributed by atoms with Crippen LogP contribution in [0.3, 0.4) is 0 Å². The summed E-state index contributed by atoms with van der Waals surface area (Å²) in [5.74, 6) is 0.239. The standard InChI is InChI=1S/C13H18N2O/c1-4-13(5-2)10-7-8-14-9-11(10)15(6-3)12(13)16/h7-9H,4-6H2,1-3H3. The second-order valence-corrected chi connectivity index (χ2v) is 4.23. The molecule has 0 N–H and O–H groups in total. The molecule has 1 aliphatic heterocycles. The van der Waals surface area contributed by atoms with Crippen molar-refractivity contribution in [3.63, 3.8) is 0 Å². The lowest BCUT2D eigenvalue weighted by molar-refractivity contribution is -0.123. The van der Waals surface area contributed by atoms with Crippen LogP contribution in [0.4, 0.5) is 5.69 Å². The lowest BCUT2D eigenvalue weighted by Crippen LogP contribution is -2.39. The van der Waals surface area contributed by atoms with Crippen LogP contribution in [0.25, 0.3) is 0 Å². The monoisotopic (exact) mass is 218 g/mol. The average Bonchev–Trinajstić information content (AvgIpc) is 2.58. The zero-order valence-corrected chi connectivity index (χ0v) is 10.2. The average molecular weight is 218 g/mol. The van der Waals surface area contributed by atoms with Gasteiger partial charge in [-0.1, -0.05) is 13.8 Å². The molecule has 1 aromatic rings. The van der Waals surface area contributed by atoms with E-state index in [0.717, 1.165) is 30.6 Å². The first-order chi connectivity index (χ1) is 7.71. The zero-order chi connectivity index (χ0) is 11.8. The molecule has 0 saturated carbocycles. The predicted octanol–water partition coefficient (Wildman–Crippen LogP) is 2.51. The van der Waals surface area contributed by atoms with Gasteiger partial charge in [-0.25, -0.2) is 0 Å². The molecule has 0 spiro atoms. The lowest BCUT2D eigenvalue weighted by Gasteiger charge is -2.25. The maximum Gasteiger partial charge on any atom is 0.237 e. The van der Waals surface area contributed by atoms with Gasteiger partial charge in [0, 0.05) is 12.7 Å². The van der Waals surface area contributed by atoms with Gasteiger partial charge in [-0.15, -0.1) is 0 Å². The highest BCUT2D eigenvalue weighted by Crippen LogP contribution is 2.45. The molecule has 0 saturated heterocycles. The van der Waals surface area contributed by atoms with E-state index in [-0.39, 0.29) is 11.3 Å². The number of carbonyl (C=O) groups excluding carboxylic acids is 1. The Hall–Kier alpha value is -1.38. The molecule has 3 heteroatoms. The molecule has 0 aromatic carbocycles. The van der Waals surface area contributed by atoms with E-state index in [1.165, 1.54) is 0 Å². The molecule has 86 valence electrons. The summed E-state index contributed by atoms with van der Waals surface area (Å²) in [7, 11) is 0. The summed E-state index contributed by atoms with van der Waals surface area (Å²) in [6.45, 7) is 6.91. The summed E-state index contributed by atoms with van der Waals surface area (Å²) in [5.41, 5.74) is 1.84. The molecular weight excluding hydrogens is 200 g/mol. The van der Waals surface area contributed by atoms with Gasteiger partial charge in [0.25, 0.3) is 0 Å². The predicted molar refractivity (Wildman–Crippen MR) is 64.5 cm³/mol. The largest absolute Gasteiger partial charge is 0.310 e. The molecule has 0 bridgehead atoms. The van der Waals surface area contributed by atoms with Crippen molar-refractivity contribution in [3.05, 3.63) is 24.0 Å². The number of fused-ring (bicyclic) bond motifs is 1. The lowest BCUT2D eigenvalue weighted by atomic mass is 9.77. The fraction of sp³-hybridized carbons (Fsp3) is 0.538. The van der Waals surface area contributed by atoms with Crippen LogP contribution in [0.1, 0.15) is 39.2 Å². The van der Waals surface area contributed by atoms with Gasteiger partial charge in [-0.2, -0.15) is 0 Å². The van der Waals surface area contributed by atoms with Crippen LogP contribution in [-0.2, 0) is 10.2 Å². The number of amides is 1. The Morgan fingerprint density at radius 3 is 2.56 bits per heavy atom. The topological polar surface area (TPSA) is 33.2 Å². The maximum atomic E-state index is 12.5. The van der Waals surface area contributed by atoms with Gasteiger partial charge in [0.1, 0.15) is 0 Å². The number of anilines is 1. The minimum atomic E-state index is -0.311. The number of rotatable bonds is 3. The molecule has 1 amide bonds. The third-order valence-electron chi connectivity index (χ3n) is 3.78. The summed E-state index contributed by atoms with van der Waals surface area (Å²) >= 11 is 0. The summed E-state index contributed by atoms with van der Waals surface area (Å²) in [5, 5.41) is 0. The van der Waals surface area contributed by atoms with Crippen molar-refractivity contribution in [1.29, 1.82) is 0 Å². The normalized spacial score (nSPS) is 17.7. The van der Waals surface area contributed by atoms with Gasteiger partial charge in [0.2, 0.25) is 5.91 Å². The Morgan fingerprint density at radius 2 is 2.00 bits per heavy atom. The first-order valence-electron chi connectivity index (χ1n) is 5.97. The summed E-state index contributed by atoms with van der Waals surface area (Å²) in [4.78, 5) is 18.5. The Kier molecular flexibility index (Phi) is 2.70. The van der Waals surface area contributed by atoms with Gasteiger partial charge in [-0.05, 0) is 31.4 Å². The molecule has 3 nitrogen and oxygen atoms in total. The van der Waals surface area contributed by atoms with Gasteiger partial charge in [-0.3, -0.25) is 9.78 Å². The third kappa shape index (κ3) is 1.20. The highest BCUT2D eigenvalue weighted by molar-refractivity contribution is 6.07. The fourth-order valence-electron chi connectivity index (χ4n) is 2.74. The Morgan fingerprint density at radius 1 is 1.31 bits per heavy atom. The minimum absolute atomic E-state index is 0.239. The second-order valence-electron chi connectivity index (χ2n) is 4.23. The van der Waals surface area contributed by atoms with Crippen molar-refractivity contribution in [3.8, 4) is 0 Å². The minimum Gasteiger partial charge on any atom is -0.310 e. The van der Waals surface area contributed by atoms with Gasteiger partial charge in [0.05, 0.1) is 17.3 Å². The molecule has 0 fully saturated rings. The van der Waals surface area contributed by atoms with Crippen molar-refractivity contribution >= 4 is 11.6 Å². The van der Waals surface area contributed by atoms with E-state index < -0.39 is 0 Å². The molecule has 0 atom stereocenters. The van der Waals surface area contributed by atoms with Crippen molar-refractivity contribution < 1.29 is 4.79 Å². The van der Waals surface area contributed by atoms with E-state index in [0.29, 0.717) is 0 Å². The van der Waals surface area contributed by atoms with Crippen LogP contribution in [0.15, 0.2) is 18.5 Å². The van der Waals surface area contributed by atoms with E-state index in [9.17, 15) is 4.79 Å². The van der Waals surface area contributed by atoms with E-state index in [2.05, 4.69) is 18.8 Å². The van der Waals surface area contributed by atoms with Crippen molar-refractivity contribution in [1.82, 2.24) is 4.98 Å². The Balaban J connectivity index is 2.63. The number of pyridine rings is 1. The smallest absolute Gasteiger partial charge is 0.237 e. The molecule has 1 aliphatic rings. The van der Waals surface area contributed by atoms with Crippen LogP contribution in [0.5, 0.6) is 0 Å². The SMILES string of the molecule is CCN1C(=O)C(CC)(CC)c2ccncc21. The van der Waals surface area contributed by atoms with Crippen molar-refractivity contribution in [2.75, 3.05) is 11.4 Å². The van der Waals surface area contributed by atoms with Crippen LogP contribution in [-0.4, -0.2) is 17.4 Å². The van der Waals surface area contributed by atoms with Gasteiger partial charge < -0.3 is 4.90 Å². The molecule has 1 aromatic heterocycles. The number of aromatic nitrogens is 1. The van der Waals surface area contributed by atoms with E-state index >= 15 is 0 Å².